The second-order valence-electron chi connectivity index (χ2n) is 6.06. The van der Waals surface area contributed by atoms with Crippen molar-refractivity contribution in [3.8, 4) is 11.5 Å². The van der Waals surface area contributed by atoms with Gasteiger partial charge in [0.25, 0.3) is 0 Å². The molecule has 1 amide bonds. The van der Waals surface area contributed by atoms with Gasteiger partial charge >= 0.3 is 0 Å². The molecule has 0 saturated carbocycles. The van der Waals surface area contributed by atoms with E-state index in [1.54, 1.807) is 22.3 Å². The summed E-state index contributed by atoms with van der Waals surface area (Å²) in [6.45, 7) is 1.46. The standard InChI is InChI=1S/C17H18N2O5S2/c20-17(10-13-2-1-9-25-13)18-5-7-19(8-6-18)26(21,22)14-3-4-15-16(11-14)24-12-23-15/h1-4,9,11H,5-8,10,12H2. The molecule has 0 bridgehead atoms. The molecule has 0 unspecified atom stereocenters. The van der Waals surface area contributed by atoms with E-state index in [0.29, 0.717) is 31.0 Å². The lowest BCUT2D eigenvalue weighted by Gasteiger charge is -2.34. The summed E-state index contributed by atoms with van der Waals surface area (Å²) in [5, 5.41) is 1.94. The highest BCUT2D eigenvalue weighted by Crippen LogP contribution is 2.34. The third kappa shape index (κ3) is 3.29. The van der Waals surface area contributed by atoms with Gasteiger partial charge in [0.2, 0.25) is 22.7 Å². The molecule has 1 saturated heterocycles. The molecular weight excluding hydrogens is 376 g/mol. The van der Waals surface area contributed by atoms with Gasteiger partial charge in [-0.05, 0) is 23.6 Å². The summed E-state index contributed by atoms with van der Waals surface area (Å²) >= 11 is 1.55. The van der Waals surface area contributed by atoms with Crippen LogP contribution in [0.5, 0.6) is 11.5 Å². The van der Waals surface area contributed by atoms with Crippen molar-refractivity contribution in [2.75, 3.05) is 33.0 Å². The summed E-state index contributed by atoms with van der Waals surface area (Å²) in [4.78, 5) is 15.3. The third-order valence-corrected chi connectivity index (χ3v) is 7.25. The average molecular weight is 394 g/mol. The minimum Gasteiger partial charge on any atom is -0.454 e. The second kappa shape index (κ2) is 6.90. The Labute approximate surface area is 155 Å². The first-order valence-corrected chi connectivity index (χ1v) is 10.6. The predicted octanol–water partition coefficient (Wildman–Crippen LogP) is 1.55. The van der Waals surface area contributed by atoms with Crippen LogP contribution in [0.4, 0.5) is 0 Å². The summed E-state index contributed by atoms with van der Waals surface area (Å²) in [5.74, 6) is 1.02. The van der Waals surface area contributed by atoms with E-state index >= 15 is 0 Å². The topological polar surface area (TPSA) is 76.2 Å². The van der Waals surface area contributed by atoms with Crippen molar-refractivity contribution < 1.29 is 22.7 Å². The van der Waals surface area contributed by atoms with Crippen LogP contribution in [0, 0.1) is 0 Å². The lowest BCUT2D eigenvalue weighted by atomic mass is 10.3. The normalized spacial score (nSPS) is 17.5. The van der Waals surface area contributed by atoms with Crippen LogP contribution in [-0.4, -0.2) is 56.5 Å². The minimum absolute atomic E-state index is 0.0348. The molecule has 1 fully saturated rings. The quantitative estimate of drug-likeness (QED) is 0.787. The second-order valence-corrected chi connectivity index (χ2v) is 9.03. The molecule has 0 N–H and O–H groups in total. The first-order valence-electron chi connectivity index (χ1n) is 8.24. The molecule has 26 heavy (non-hydrogen) atoms. The molecule has 7 nitrogen and oxygen atoms in total. The summed E-state index contributed by atoms with van der Waals surface area (Å²) in [7, 11) is -3.62. The Balaban J connectivity index is 1.41. The Hall–Kier alpha value is -2.10. The van der Waals surface area contributed by atoms with E-state index < -0.39 is 10.0 Å². The first-order chi connectivity index (χ1) is 12.5. The summed E-state index contributed by atoms with van der Waals surface area (Å²) in [5.41, 5.74) is 0. The fourth-order valence-corrected chi connectivity index (χ4v) is 5.17. The number of benzene rings is 1. The van der Waals surface area contributed by atoms with Crippen molar-refractivity contribution in [3.05, 3.63) is 40.6 Å². The molecule has 0 atom stereocenters. The molecular formula is C17H18N2O5S2. The Kier molecular flexibility index (Phi) is 4.60. The Morgan fingerprint density at radius 1 is 1.08 bits per heavy atom. The fourth-order valence-electron chi connectivity index (χ4n) is 3.04. The number of thiophene rings is 1. The minimum atomic E-state index is -3.62. The van der Waals surface area contributed by atoms with Gasteiger partial charge in [0.05, 0.1) is 11.3 Å². The van der Waals surface area contributed by atoms with Crippen LogP contribution in [0.15, 0.2) is 40.6 Å². The number of piperazine rings is 1. The number of nitrogens with zero attached hydrogens (tertiary/aromatic N) is 2. The van der Waals surface area contributed by atoms with Crippen LogP contribution in [0.1, 0.15) is 4.88 Å². The zero-order valence-electron chi connectivity index (χ0n) is 14.0. The van der Waals surface area contributed by atoms with E-state index in [0.717, 1.165) is 4.88 Å². The average Bonchev–Trinajstić information content (AvgIpc) is 3.32. The fraction of sp³-hybridized carbons (Fsp3) is 0.353. The maximum absolute atomic E-state index is 12.8. The Morgan fingerprint density at radius 2 is 1.85 bits per heavy atom. The van der Waals surface area contributed by atoms with Crippen molar-refractivity contribution in [2.24, 2.45) is 0 Å². The number of carbonyl (C=O) groups excluding carboxylic acids is 1. The van der Waals surface area contributed by atoms with Gasteiger partial charge in [0.15, 0.2) is 11.5 Å². The number of hydrogen-bond acceptors (Lipinski definition) is 6. The molecule has 9 heteroatoms. The maximum atomic E-state index is 12.8. The summed E-state index contributed by atoms with van der Waals surface area (Å²) in [6.07, 6.45) is 0.368. The van der Waals surface area contributed by atoms with E-state index in [1.807, 2.05) is 17.5 Å². The van der Waals surface area contributed by atoms with Crippen molar-refractivity contribution in [2.45, 2.75) is 11.3 Å². The highest BCUT2D eigenvalue weighted by molar-refractivity contribution is 7.89. The molecule has 4 rings (SSSR count). The zero-order chi connectivity index (χ0) is 18.1. The van der Waals surface area contributed by atoms with Crippen LogP contribution in [0.2, 0.25) is 0 Å². The predicted molar refractivity (Wildman–Crippen MR) is 95.9 cm³/mol. The van der Waals surface area contributed by atoms with Gasteiger partial charge in [-0.25, -0.2) is 8.42 Å². The van der Waals surface area contributed by atoms with Gasteiger partial charge in [-0.2, -0.15) is 4.31 Å². The van der Waals surface area contributed by atoms with Crippen LogP contribution in [-0.2, 0) is 21.2 Å². The van der Waals surface area contributed by atoms with E-state index in [9.17, 15) is 13.2 Å². The van der Waals surface area contributed by atoms with Crippen molar-refractivity contribution >= 4 is 27.3 Å². The van der Waals surface area contributed by atoms with E-state index in [1.165, 1.54) is 16.4 Å². The summed E-state index contributed by atoms with van der Waals surface area (Å²) in [6, 6.07) is 8.48. The van der Waals surface area contributed by atoms with Crippen LogP contribution in [0.3, 0.4) is 0 Å². The van der Waals surface area contributed by atoms with E-state index in [2.05, 4.69) is 0 Å². The van der Waals surface area contributed by atoms with Gasteiger partial charge in [-0.3, -0.25) is 4.79 Å². The number of ether oxygens (including phenoxy) is 2. The van der Waals surface area contributed by atoms with E-state index in [4.69, 9.17) is 9.47 Å². The largest absolute Gasteiger partial charge is 0.454 e. The number of hydrogen-bond donors (Lipinski definition) is 0. The van der Waals surface area contributed by atoms with Gasteiger partial charge < -0.3 is 14.4 Å². The van der Waals surface area contributed by atoms with Gasteiger partial charge in [-0.1, -0.05) is 6.07 Å². The first kappa shape index (κ1) is 17.3. The number of amides is 1. The smallest absolute Gasteiger partial charge is 0.243 e. The number of sulfonamides is 1. The number of fused-ring (bicyclic) bond motifs is 1. The van der Waals surface area contributed by atoms with E-state index in [-0.39, 0.29) is 30.7 Å². The van der Waals surface area contributed by atoms with Crippen molar-refractivity contribution in [3.63, 3.8) is 0 Å². The van der Waals surface area contributed by atoms with Crippen LogP contribution < -0.4 is 9.47 Å². The molecule has 2 aliphatic heterocycles. The van der Waals surface area contributed by atoms with Gasteiger partial charge in [-0.15, -0.1) is 11.3 Å². The van der Waals surface area contributed by atoms with Crippen LogP contribution >= 0.6 is 11.3 Å². The molecule has 3 heterocycles. The molecule has 0 spiro atoms. The molecule has 0 aliphatic carbocycles. The Morgan fingerprint density at radius 3 is 2.58 bits per heavy atom. The van der Waals surface area contributed by atoms with Crippen molar-refractivity contribution in [1.29, 1.82) is 0 Å². The molecule has 138 valence electrons. The third-order valence-electron chi connectivity index (χ3n) is 4.48. The monoisotopic (exact) mass is 394 g/mol. The Bertz CT molecular complexity index is 903. The SMILES string of the molecule is O=C(Cc1cccs1)N1CCN(S(=O)(=O)c2ccc3c(c2)OCO3)CC1. The zero-order valence-corrected chi connectivity index (χ0v) is 15.6. The number of carbonyl (C=O) groups is 1. The lowest BCUT2D eigenvalue weighted by Crippen LogP contribution is -2.50. The van der Waals surface area contributed by atoms with Crippen molar-refractivity contribution in [1.82, 2.24) is 9.21 Å². The number of rotatable bonds is 4. The van der Waals surface area contributed by atoms with Gasteiger partial charge in [0, 0.05) is 37.1 Å². The van der Waals surface area contributed by atoms with Gasteiger partial charge in [0.1, 0.15) is 0 Å². The molecule has 1 aromatic carbocycles. The highest BCUT2D eigenvalue weighted by atomic mass is 32.2. The summed E-state index contributed by atoms with van der Waals surface area (Å²) < 4.78 is 37.6. The maximum Gasteiger partial charge on any atom is 0.243 e. The molecule has 2 aliphatic rings. The lowest BCUT2D eigenvalue weighted by molar-refractivity contribution is -0.131. The molecule has 0 radical (unpaired) electrons. The van der Waals surface area contributed by atoms with Crippen LogP contribution in [0.25, 0.3) is 0 Å². The molecule has 1 aromatic heterocycles. The highest BCUT2D eigenvalue weighted by Gasteiger charge is 2.31. The molecule has 2 aromatic rings.